The Morgan fingerprint density at radius 3 is 2.86 bits per heavy atom. The van der Waals surface area contributed by atoms with Gasteiger partial charge in [0, 0.05) is 11.6 Å². The van der Waals surface area contributed by atoms with Gasteiger partial charge in [0.2, 0.25) is 0 Å². The van der Waals surface area contributed by atoms with Crippen LogP contribution in [0.1, 0.15) is 0 Å². The summed E-state index contributed by atoms with van der Waals surface area (Å²) in [5, 5.41) is 0. The van der Waals surface area contributed by atoms with Gasteiger partial charge in [0.15, 0.2) is 0 Å². The quantitative estimate of drug-likeness (QED) is 0.741. The number of H-pyrrole nitrogens is 1. The Balaban J connectivity index is 2.55. The van der Waals surface area contributed by atoms with Crippen molar-refractivity contribution in [2.75, 3.05) is 0 Å². The highest BCUT2D eigenvalue weighted by molar-refractivity contribution is 5.57. The van der Waals surface area contributed by atoms with Crippen LogP contribution in [0.3, 0.4) is 0 Å². The summed E-state index contributed by atoms with van der Waals surface area (Å²) >= 11 is 0. The van der Waals surface area contributed by atoms with Gasteiger partial charge in [0.05, 0.1) is 12.0 Å². The maximum Gasteiger partial charge on any atom is 0.251 e. The molecule has 0 atom stereocenters. The molecule has 1 heterocycles. The maximum atomic E-state index is 12.8. The van der Waals surface area contributed by atoms with Crippen molar-refractivity contribution in [3.8, 4) is 11.3 Å². The van der Waals surface area contributed by atoms with Crippen LogP contribution < -0.4 is 5.56 Å². The number of hydrogen-bond acceptors (Lipinski definition) is 2. The van der Waals surface area contributed by atoms with Crippen LogP contribution >= 0.6 is 0 Å². The molecule has 0 fully saturated rings. The van der Waals surface area contributed by atoms with Gasteiger partial charge in [-0.1, -0.05) is 12.1 Å². The van der Waals surface area contributed by atoms with Crippen LogP contribution in [0.5, 0.6) is 0 Å². The van der Waals surface area contributed by atoms with E-state index in [0.29, 0.717) is 11.3 Å². The molecule has 0 unspecified atom stereocenters. The molecule has 0 radical (unpaired) electrons. The van der Waals surface area contributed by atoms with Crippen LogP contribution in [0.15, 0.2) is 41.5 Å². The van der Waals surface area contributed by atoms with Crippen molar-refractivity contribution in [3.63, 3.8) is 0 Å². The lowest BCUT2D eigenvalue weighted by Gasteiger charge is -1.98. The van der Waals surface area contributed by atoms with Gasteiger partial charge in [-0.25, -0.2) is 9.37 Å². The molecule has 0 amide bonds. The molecule has 3 nitrogen and oxygen atoms in total. The molecule has 0 aliphatic heterocycles. The molecule has 0 spiro atoms. The van der Waals surface area contributed by atoms with E-state index in [4.69, 9.17) is 0 Å². The average molecular weight is 190 g/mol. The largest absolute Gasteiger partial charge is 0.313 e. The van der Waals surface area contributed by atoms with E-state index in [0.717, 1.165) is 0 Å². The Morgan fingerprint density at radius 1 is 1.29 bits per heavy atom. The van der Waals surface area contributed by atoms with Crippen LogP contribution in [-0.2, 0) is 0 Å². The minimum absolute atomic E-state index is 0.251. The summed E-state index contributed by atoms with van der Waals surface area (Å²) in [6.07, 6.45) is 1.29. The zero-order chi connectivity index (χ0) is 9.97. The molecule has 0 saturated heterocycles. The highest BCUT2D eigenvalue weighted by Crippen LogP contribution is 2.15. The lowest BCUT2D eigenvalue weighted by atomic mass is 10.1. The van der Waals surface area contributed by atoms with E-state index in [1.807, 2.05) is 0 Å². The van der Waals surface area contributed by atoms with Gasteiger partial charge in [-0.3, -0.25) is 4.79 Å². The number of aromatic nitrogens is 2. The van der Waals surface area contributed by atoms with E-state index in [2.05, 4.69) is 9.97 Å². The number of rotatable bonds is 1. The summed E-state index contributed by atoms with van der Waals surface area (Å²) < 4.78 is 12.8. The third-order valence-corrected chi connectivity index (χ3v) is 1.80. The van der Waals surface area contributed by atoms with Gasteiger partial charge in [-0.2, -0.15) is 0 Å². The minimum atomic E-state index is -0.343. The predicted molar refractivity (Wildman–Crippen MR) is 50.3 cm³/mol. The summed E-state index contributed by atoms with van der Waals surface area (Å²) in [6.45, 7) is 0. The first-order valence-corrected chi connectivity index (χ1v) is 4.06. The van der Waals surface area contributed by atoms with Crippen molar-refractivity contribution in [1.82, 2.24) is 9.97 Å². The molecule has 0 bridgehead atoms. The number of aromatic amines is 1. The Kier molecular flexibility index (Phi) is 2.10. The van der Waals surface area contributed by atoms with Gasteiger partial charge in [-0.05, 0) is 12.1 Å². The third-order valence-electron chi connectivity index (χ3n) is 1.80. The summed E-state index contributed by atoms with van der Waals surface area (Å²) in [6, 6.07) is 7.28. The Morgan fingerprint density at radius 2 is 2.14 bits per heavy atom. The second-order valence-corrected chi connectivity index (χ2v) is 2.81. The first kappa shape index (κ1) is 8.62. The second-order valence-electron chi connectivity index (χ2n) is 2.81. The summed E-state index contributed by atoms with van der Waals surface area (Å²) in [5.74, 6) is -0.343. The van der Waals surface area contributed by atoms with Crippen LogP contribution in [-0.4, -0.2) is 9.97 Å². The van der Waals surface area contributed by atoms with E-state index < -0.39 is 0 Å². The molecule has 1 N–H and O–H groups in total. The van der Waals surface area contributed by atoms with Crippen molar-refractivity contribution in [2.24, 2.45) is 0 Å². The summed E-state index contributed by atoms with van der Waals surface area (Å²) in [5.41, 5.74) is 0.809. The SMILES string of the molecule is O=c1cc(-c2cccc(F)c2)nc[nH]1. The Bertz CT molecular complexity index is 507. The van der Waals surface area contributed by atoms with Gasteiger partial charge in [-0.15, -0.1) is 0 Å². The third kappa shape index (κ3) is 1.69. The molecule has 1 aromatic carbocycles. The molecule has 2 rings (SSSR count). The van der Waals surface area contributed by atoms with Gasteiger partial charge >= 0.3 is 0 Å². The smallest absolute Gasteiger partial charge is 0.251 e. The lowest BCUT2D eigenvalue weighted by Crippen LogP contribution is -2.04. The molecule has 1 aromatic heterocycles. The van der Waals surface area contributed by atoms with E-state index in [9.17, 15) is 9.18 Å². The zero-order valence-electron chi connectivity index (χ0n) is 7.20. The minimum Gasteiger partial charge on any atom is -0.313 e. The summed E-state index contributed by atoms with van der Waals surface area (Å²) in [4.78, 5) is 17.3. The van der Waals surface area contributed by atoms with E-state index in [1.165, 1.54) is 24.5 Å². The summed E-state index contributed by atoms with van der Waals surface area (Å²) in [7, 11) is 0. The highest BCUT2D eigenvalue weighted by Gasteiger charge is 2.00. The van der Waals surface area contributed by atoms with Crippen LogP contribution in [0, 0.1) is 5.82 Å². The average Bonchev–Trinajstić information content (AvgIpc) is 2.18. The van der Waals surface area contributed by atoms with Crippen LogP contribution in [0.2, 0.25) is 0 Å². The monoisotopic (exact) mass is 190 g/mol. The second kappa shape index (κ2) is 3.41. The van der Waals surface area contributed by atoms with E-state index in [1.54, 1.807) is 12.1 Å². The number of nitrogens with zero attached hydrogens (tertiary/aromatic N) is 1. The highest BCUT2D eigenvalue weighted by atomic mass is 19.1. The first-order valence-electron chi connectivity index (χ1n) is 4.06. The Hall–Kier alpha value is -1.97. The molecule has 14 heavy (non-hydrogen) atoms. The molecule has 2 aromatic rings. The van der Waals surface area contributed by atoms with Crippen molar-refractivity contribution in [3.05, 3.63) is 52.8 Å². The number of benzene rings is 1. The molecule has 0 aliphatic rings. The van der Waals surface area contributed by atoms with Gasteiger partial charge in [0.1, 0.15) is 5.82 Å². The van der Waals surface area contributed by atoms with Crippen molar-refractivity contribution >= 4 is 0 Å². The van der Waals surface area contributed by atoms with Crippen molar-refractivity contribution in [1.29, 1.82) is 0 Å². The molecule has 4 heteroatoms. The maximum absolute atomic E-state index is 12.8. The predicted octanol–water partition coefficient (Wildman–Crippen LogP) is 1.58. The molecular formula is C10H7FN2O. The fourth-order valence-corrected chi connectivity index (χ4v) is 1.17. The standard InChI is InChI=1S/C10H7FN2O/c11-8-3-1-2-7(4-8)9-5-10(14)13-6-12-9/h1-6H,(H,12,13,14). The van der Waals surface area contributed by atoms with Gasteiger partial charge in [0.25, 0.3) is 5.56 Å². The van der Waals surface area contributed by atoms with Crippen molar-refractivity contribution < 1.29 is 4.39 Å². The van der Waals surface area contributed by atoms with E-state index >= 15 is 0 Å². The zero-order valence-corrected chi connectivity index (χ0v) is 7.20. The molecular weight excluding hydrogens is 183 g/mol. The first-order chi connectivity index (χ1) is 6.75. The van der Waals surface area contributed by atoms with Crippen LogP contribution in [0.25, 0.3) is 11.3 Å². The normalized spacial score (nSPS) is 10.1. The number of halogens is 1. The molecule has 0 aliphatic carbocycles. The fraction of sp³-hybridized carbons (Fsp3) is 0. The number of nitrogens with one attached hydrogen (secondary N) is 1. The topological polar surface area (TPSA) is 45.8 Å². The number of hydrogen-bond donors (Lipinski definition) is 1. The lowest BCUT2D eigenvalue weighted by molar-refractivity contribution is 0.628. The molecule has 70 valence electrons. The van der Waals surface area contributed by atoms with Gasteiger partial charge < -0.3 is 4.98 Å². The fourth-order valence-electron chi connectivity index (χ4n) is 1.17. The molecule has 0 saturated carbocycles. The van der Waals surface area contributed by atoms with Crippen molar-refractivity contribution in [2.45, 2.75) is 0 Å². The Labute approximate surface area is 79.3 Å². The van der Waals surface area contributed by atoms with Crippen LogP contribution in [0.4, 0.5) is 4.39 Å². The van der Waals surface area contributed by atoms with E-state index in [-0.39, 0.29) is 11.4 Å².